The molecule has 1 N–H and O–H groups in total. The van der Waals surface area contributed by atoms with E-state index in [2.05, 4.69) is 20.1 Å². The number of nitrogens with zero attached hydrogens (tertiary/aromatic N) is 3. The minimum absolute atomic E-state index is 0.235. The van der Waals surface area contributed by atoms with Crippen LogP contribution in [0.3, 0.4) is 0 Å². The van der Waals surface area contributed by atoms with Crippen molar-refractivity contribution in [2.75, 3.05) is 11.9 Å². The van der Waals surface area contributed by atoms with Gasteiger partial charge in [-0.15, -0.1) is 0 Å². The monoisotopic (exact) mass is 272 g/mol. The summed E-state index contributed by atoms with van der Waals surface area (Å²) in [5.74, 6) is -1.90. The molecule has 0 aromatic carbocycles. The van der Waals surface area contributed by atoms with Gasteiger partial charge < -0.3 is 4.74 Å². The molecule has 0 aliphatic carbocycles. The summed E-state index contributed by atoms with van der Waals surface area (Å²) in [6.07, 6.45) is 0. The number of esters is 1. The molecule has 0 spiro atoms. The zero-order valence-electron chi connectivity index (χ0n) is 10.8. The lowest BCUT2D eigenvalue weighted by molar-refractivity contribution is -0.155. The zero-order valence-corrected chi connectivity index (χ0v) is 11.6. The summed E-state index contributed by atoms with van der Waals surface area (Å²) in [6.45, 7) is 7.33. The van der Waals surface area contributed by atoms with Gasteiger partial charge in [-0.2, -0.15) is 0 Å². The number of nitrogens with one attached hydrogen (secondary N) is 1. The highest BCUT2D eigenvalue weighted by molar-refractivity contribution is 7.09. The molecule has 1 rings (SSSR count). The van der Waals surface area contributed by atoms with Crippen LogP contribution in [0.25, 0.3) is 0 Å². The Balaban J connectivity index is 2.83. The average molecular weight is 272 g/mol. The summed E-state index contributed by atoms with van der Waals surface area (Å²) in [5, 5.41) is 9.74. The Labute approximate surface area is 109 Å². The van der Waals surface area contributed by atoms with Crippen LogP contribution in [-0.4, -0.2) is 33.3 Å². The molecule has 1 unspecified atom stereocenters. The van der Waals surface area contributed by atoms with Crippen molar-refractivity contribution in [3.63, 3.8) is 0 Å². The number of ether oxygens (including phenoxy) is 1. The van der Waals surface area contributed by atoms with Crippen molar-refractivity contribution in [2.45, 2.75) is 27.7 Å². The number of hydrogen-bond acceptors (Lipinski definition) is 7. The van der Waals surface area contributed by atoms with Gasteiger partial charge in [-0.05, 0) is 17.6 Å². The molecule has 0 bridgehead atoms. The van der Waals surface area contributed by atoms with Crippen molar-refractivity contribution in [1.82, 2.24) is 14.8 Å². The van der Waals surface area contributed by atoms with Gasteiger partial charge in [0.25, 0.3) is 0 Å². The molecule has 0 aliphatic heterocycles. The number of rotatable bonds is 4. The van der Waals surface area contributed by atoms with E-state index >= 15 is 0 Å². The smallest absolute Gasteiger partial charge is 0.319 e. The molecule has 0 aliphatic rings. The van der Waals surface area contributed by atoms with Gasteiger partial charge in [0.1, 0.15) is 5.92 Å². The Kier molecular flexibility index (Phi) is 4.71. The van der Waals surface area contributed by atoms with E-state index < -0.39 is 23.2 Å². The number of hydrogen-bond donors (Lipinski definition) is 1. The number of aromatic nitrogens is 3. The fraction of sp³-hybridized carbons (Fsp3) is 0.700. The fourth-order valence-electron chi connectivity index (χ4n) is 1.44. The highest BCUT2D eigenvalue weighted by Gasteiger charge is 2.39. The third kappa shape index (κ3) is 3.73. The fourth-order valence-corrected chi connectivity index (χ4v) is 1.81. The SMILES string of the molecule is CCOC(=O)C(C(=O)Nc1nnns1)C(C)(C)C. The lowest BCUT2D eigenvalue weighted by atomic mass is 9.80. The molecule has 1 aromatic heterocycles. The molecule has 8 heteroatoms. The maximum absolute atomic E-state index is 12.1. The predicted octanol–water partition coefficient (Wildman–Crippen LogP) is 1.10. The third-order valence-corrected chi connectivity index (χ3v) is 2.69. The highest BCUT2D eigenvalue weighted by Crippen LogP contribution is 2.28. The van der Waals surface area contributed by atoms with Crippen LogP contribution in [0, 0.1) is 11.3 Å². The summed E-state index contributed by atoms with van der Waals surface area (Å²) in [6, 6.07) is 0. The molecule has 1 aromatic rings. The lowest BCUT2D eigenvalue weighted by Gasteiger charge is -2.27. The normalized spacial score (nSPS) is 12.9. The Hall–Kier alpha value is -1.57. The molecule has 18 heavy (non-hydrogen) atoms. The van der Waals surface area contributed by atoms with Gasteiger partial charge >= 0.3 is 5.97 Å². The van der Waals surface area contributed by atoms with Crippen LogP contribution in [0.2, 0.25) is 0 Å². The number of carbonyl (C=O) groups is 2. The van der Waals surface area contributed by atoms with Crippen LogP contribution in [0.15, 0.2) is 0 Å². The van der Waals surface area contributed by atoms with Crippen LogP contribution in [0.4, 0.5) is 5.13 Å². The lowest BCUT2D eigenvalue weighted by Crippen LogP contribution is -2.40. The minimum atomic E-state index is -0.902. The quantitative estimate of drug-likeness (QED) is 0.651. The number of amides is 1. The van der Waals surface area contributed by atoms with Crippen molar-refractivity contribution in [2.24, 2.45) is 11.3 Å². The van der Waals surface area contributed by atoms with Gasteiger partial charge in [-0.25, -0.2) is 0 Å². The second-order valence-corrected chi connectivity index (χ2v) is 5.44. The Morgan fingerprint density at radius 3 is 2.56 bits per heavy atom. The van der Waals surface area contributed by atoms with Gasteiger partial charge in [-0.1, -0.05) is 30.4 Å². The second kappa shape index (κ2) is 5.85. The van der Waals surface area contributed by atoms with Crippen molar-refractivity contribution in [1.29, 1.82) is 0 Å². The first-order chi connectivity index (χ1) is 8.36. The summed E-state index contributed by atoms with van der Waals surface area (Å²) in [5.41, 5.74) is -0.547. The Bertz CT molecular complexity index is 413. The molecular weight excluding hydrogens is 256 g/mol. The van der Waals surface area contributed by atoms with Gasteiger partial charge in [0.05, 0.1) is 6.61 Å². The minimum Gasteiger partial charge on any atom is -0.465 e. The highest BCUT2D eigenvalue weighted by atomic mass is 32.1. The Morgan fingerprint density at radius 1 is 1.44 bits per heavy atom. The molecule has 0 saturated heterocycles. The van der Waals surface area contributed by atoms with E-state index in [4.69, 9.17) is 4.74 Å². The van der Waals surface area contributed by atoms with Crippen LogP contribution in [0.1, 0.15) is 27.7 Å². The van der Waals surface area contributed by atoms with Crippen molar-refractivity contribution in [3.05, 3.63) is 0 Å². The molecule has 1 amide bonds. The second-order valence-electron chi connectivity index (χ2n) is 4.71. The zero-order chi connectivity index (χ0) is 13.8. The van der Waals surface area contributed by atoms with Gasteiger partial charge in [0.15, 0.2) is 0 Å². The summed E-state index contributed by atoms with van der Waals surface area (Å²) < 4.78 is 8.45. The van der Waals surface area contributed by atoms with Crippen LogP contribution >= 0.6 is 11.5 Å². The molecule has 1 heterocycles. The number of anilines is 1. The van der Waals surface area contributed by atoms with E-state index in [9.17, 15) is 9.59 Å². The van der Waals surface area contributed by atoms with E-state index in [0.717, 1.165) is 11.5 Å². The molecule has 0 radical (unpaired) electrons. The van der Waals surface area contributed by atoms with Gasteiger partial charge in [-0.3, -0.25) is 14.9 Å². The van der Waals surface area contributed by atoms with E-state index in [1.54, 1.807) is 27.7 Å². The van der Waals surface area contributed by atoms with Gasteiger partial charge in [0.2, 0.25) is 11.0 Å². The molecule has 1 atom stereocenters. The predicted molar refractivity (Wildman–Crippen MR) is 65.9 cm³/mol. The largest absolute Gasteiger partial charge is 0.465 e. The van der Waals surface area contributed by atoms with Crippen molar-refractivity contribution >= 4 is 28.5 Å². The van der Waals surface area contributed by atoms with Gasteiger partial charge in [0, 0.05) is 11.5 Å². The summed E-state index contributed by atoms with van der Waals surface area (Å²) in [4.78, 5) is 23.9. The first-order valence-electron chi connectivity index (χ1n) is 5.48. The topological polar surface area (TPSA) is 94.1 Å². The Morgan fingerprint density at radius 2 is 2.11 bits per heavy atom. The average Bonchev–Trinajstić information content (AvgIpc) is 2.68. The third-order valence-electron chi connectivity index (χ3n) is 2.18. The van der Waals surface area contributed by atoms with E-state index in [1.165, 1.54) is 0 Å². The molecule has 7 nitrogen and oxygen atoms in total. The van der Waals surface area contributed by atoms with Crippen LogP contribution in [0.5, 0.6) is 0 Å². The molecule has 0 fully saturated rings. The maximum atomic E-state index is 12.1. The number of carbonyl (C=O) groups excluding carboxylic acids is 2. The first-order valence-corrected chi connectivity index (χ1v) is 6.26. The molecular formula is C10H16N4O3S. The van der Waals surface area contributed by atoms with E-state index in [-0.39, 0.29) is 11.7 Å². The van der Waals surface area contributed by atoms with Crippen LogP contribution < -0.4 is 5.32 Å². The summed E-state index contributed by atoms with van der Waals surface area (Å²) in [7, 11) is 0. The first kappa shape index (κ1) is 14.5. The van der Waals surface area contributed by atoms with E-state index in [0.29, 0.717) is 0 Å². The summed E-state index contributed by atoms with van der Waals surface area (Å²) >= 11 is 0.948. The van der Waals surface area contributed by atoms with Crippen LogP contribution in [-0.2, 0) is 14.3 Å². The molecule has 100 valence electrons. The van der Waals surface area contributed by atoms with E-state index in [1.807, 2.05) is 0 Å². The molecule has 0 saturated carbocycles. The standard InChI is InChI=1S/C10H16N4O3S/c1-5-17-8(16)6(10(2,3)4)7(15)11-9-12-13-14-18-9/h6H,5H2,1-4H3,(H,11,12,14,15). The maximum Gasteiger partial charge on any atom is 0.319 e. The van der Waals surface area contributed by atoms with Crippen molar-refractivity contribution < 1.29 is 14.3 Å². The van der Waals surface area contributed by atoms with Crippen molar-refractivity contribution in [3.8, 4) is 0 Å².